The zero-order valence-electron chi connectivity index (χ0n) is 13.1. The highest BCUT2D eigenvalue weighted by atomic mass is 16.3. The van der Waals surface area contributed by atoms with Gasteiger partial charge in [0.2, 0.25) is 11.8 Å². The number of nitrogens with one attached hydrogen (secondary N) is 2. The van der Waals surface area contributed by atoms with Gasteiger partial charge in [-0.3, -0.25) is 9.59 Å². The Hall–Kier alpha value is -1.88. The molecule has 0 aliphatic heterocycles. The Kier molecular flexibility index (Phi) is 5.90. The quantitative estimate of drug-likeness (QED) is 0.773. The fraction of sp³-hybridized carbons (Fsp3) is 0.500. The Morgan fingerprint density at radius 2 is 1.76 bits per heavy atom. The number of hydrogen-bond donors (Lipinski definition) is 3. The van der Waals surface area contributed by atoms with Crippen molar-refractivity contribution in [1.82, 2.24) is 5.32 Å². The molecule has 0 spiro atoms. The molecule has 1 aromatic rings. The van der Waals surface area contributed by atoms with E-state index in [9.17, 15) is 14.7 Å². The zero-order valence-corrected chi connectivity index (χ0v) is 13.1. The van der Waals surface area contributed by atoms with Crippen molar-refractivity contribution in [2.75, 3.05) is 11.9 Å². The second-order valence-electron chi connectivity index (χ2n) is 6.24. The van der Waals surface area contributed by atoms with Crippen molar-refractivity contribution in [1.29, 1.82) is 0 Å². The first-order valence-corrected chi connectivity index (χ1v) is 7.00. The van der Waals surface area contributed by atoms with Crippen LogP contribution in [0.2, 0.25) is 0 Å². The summed E-state index contributed by atoms with van der Waals surface area (Å²) in [7, 11) is 0. The summed E-state index contributed by atoms with van der Waals surface area (Å²) in [5.41, 5.74) is 1.30. The van der Waals surface area contributed by atoms with Crippen molar-refractivity contribution in [2.24, 2.45) is 5.41 Å². The van der Waals surface area contributed by atoms with Gasteiger partial charge in [0.25, 0.3) is 0 Å². The Morgan fingerprint density at radius 3 is 2.24 bits per heavy atom. The predicted molar refractivity (Wildman–Crippen MR) is 82.9 cm³/mol. The Balaban J connectivity index is 2.46. The van der Waals surface area contributed by atoms with Crippen molar-refractivity contribution in [3.05, 3.63) is 29.8 Å². The van der Waals surface area contributed by atoms with Crippen LogP contribution in [0, 0.1) is 5.41 Å². The number of carbonyl (C=O) groups excluding carboxylic acids is 2. The Bertz CT molecular complexity index is 489. The molecule has 2 amide bonds. The maximum Gasteiger partial charge on any atom is 0.224 e. The molecule has 5 nitrogen and oxygen atoms in total. The normalized spacial score (nSPS) is 12.6. The average Bonchev–Trinajstić information content (AvgIpc) is 2.36. The van der Waals surface area contributed by atoms with Crippen LogP contribution >= 0.6 is 0 Å². The lowest BCUT2D eigenvalue weighted by Gasteiger charge is -2.25. The molecule has 1 rings (SSSR count). The number of amides is 2. The van der Waals surface area contributed by atoms with Gasteiger partial charge in [0.1, 0.15) is 0 Å². The molecule has 0 saturated heterocycles. The minimum absolute atomic E-state index is 0.128. The molecule has 0 radical (unpaired) electrons. The minimum atomic E-state index is -0.580. The van der Waals surface area contributed by atoms with E-state index in [0.717, 1.165) is 5.56 Å². The van der Waals surface area contributed by atoms with Crippen LogP contribution in [0.25, 0.3) is 0 Å². The van der Waals surface area contributed by atoms with E-state index < -0.39 is 6.10 Å². The molecule has 3 N–H and O–H groups in total. The van der Waals surface area contributed by atoms with Crippen LogP contribution in [0.5, 0.6) is 0 Å². The van der Waals surface area contributed by atoms with Crippen molar-refractivity contribution in [3.8, 4) is 0 Å². The molecule has 1 unspecified atom stereocenters. The van der Waals surface area contributed by atoms with E-state index in [2.05, 4.69) is 10.6 Å². The molecule has 1 aromatic carbocycles. The van der Waals surface area contributed by atoms with E-state index in [4.69, 9.17) is 0 Å². The van der Waals surface area contributed by atoms with E-state index in [1.807, 2.05) is 20.8 Å². The first kappa shape index (κ1) is 17.2. The smallest absolute Gasteiger partial charge is 0.224 e. The highest BCUT2D eigenvalue weighted by Gasteiger charge is 2.22. The summed E-state index contributed by atoms with van der Waals surface area (Å²) >= 11 is 0. The third-order valence-electron chi connectivity index (χ3n) is 3.13. The van der Waals surface area contributed by atoms with Crippen molar-refractivity contribution in [3.63, 3.8) is 0 Å². The summed E-state index contributed by atoms with van der Waals surface area (Å²) in [5.74, 6) is -0.262. The molecule has 0 saturated carbocycles. The molecule has 21 heavy (non-hydrogen) atoms. The number of benzene rings is 1. The van der Waals surface area contributed by atoms with Crippen molar-refractivity contribution in [2.45, 2.75) is 40.2 Å². The number of carbonyl (C=O) groups is 2. The van der Waals surface area contributed by atoms with Gasteiger partial charge in [0.05, 0.1) is 12.5 Å². The van der Waals surface area contributed by atoms with Crippen molar-refractivity contribution < 1.29 is 14.7 Å². The van der Waals surface area contributed by atoms with Gasteiger partial charge < -0.3 is 15.7 Å². The van der Waals surface area contributed by atoms with Crippen LogP contribution in [0.4, 0.5) is 5.69 Å². The van der Waals surface area contributed by atoms with Gasteiger partial charge in [-0.1, -0.05) is 32.9 Å². The number of anilines is 1. The first-order valence-electron chi connectivity index (χ1n) is 7.00. The lowest BCUT2D eigenvalue weighted by molar-refractivity contribution is -0.121. The summed E-state index contributed by atoms with van der Waals surface area (Å²) in [6.45, 7) is 7.45. The van der Waals surface area contributed by atoms with Crippen LogP contribution < -0.4 is 10.6 Å². The Labute approximate surface area is 125 Å². The molecule has 0 aromatic heterocycles. The monoisotopic (exact) mass is 292 g/mol. The molecule has 1 atom stereocenters. The standard InChI is InChI=1S/C16H24N2O3/c1-11(19)18-13-7-5-12(6-8-13)9-15(21)17-10-14(20)16(2,3)4/h5-8,14,20H,9-10H2,1-4H3,(H,17,21)(H,18,19). The third-order valence-corrected chi connectivity index (χ3v) is 3.13. The van der Waals surface area contributed by atoms with E-state index in [1.165, 1.54) is 6.92 Å². The fourth-order valence-corrected chi connectivity index (χ4v) is 1.67. The van der Waals surface area contributed by atoms with E-state index in [1.54, 1.807) is 24.3 Å². The van der Waals surface area contributed by atoms with Crippen LogP contribution in [0.15, 0.2) is 24.3 Å². The SMILES string of the molecule is CC(=O)Nc1ccc(CC(=O)NCC(O)C(C)(C)C)cc1. The van der Waals surface area contributed by atoms with Crippen molar-refractivity contribution >= 4 is 17.5 Å². The van der Waals surface area contributed by atoms with Crippen LogP contribution in [-0.2, 0) is 16.0 Å². The summed E-state index contributed by atoms with van der Waals surface area (Å²) in [4.78, 5) is 22.7. The van der Waals surface area contributed by atoms with Gasteiger partial charge in [-0.05, 0) is 23.1 Å². The zero-order chi connectivity index (χ0) is 16.0. The lowest BCUT2D eigenvalue weighted by atomic mass is 9.89. The van der Waals surface area contributed by atoms with E-state index >= 15 is 0 Å². The van der Waals surface area contributed by atoms with Crippen LogP contribution in [0.1, 0.15) is 33.3 Å². The Morgan fingerprint density at radius 1 is 1.19 bits per heavy atom. The molecular formula is C16H24N2O3. The predicted octanol–water partition coefficient (Wildman–Crippen LogP) is 1.71. The number of aliphatic hydroxyl groups excluding tert-OH is 1. The lowest BCUT2D eigenvalue weighted by Crippen LogP contribution is -2.39. The second kappa shape index (κ2) is 7.22. The molecule has 0 aliphatic carbocycles. The van der Waals surface area contributed by atoms with Gasteiger partial charge in [0, 0.05) is 19.2 Å². The number of aliphatic hydroxyl groups is 1. The maximum atomic E-state index is 11.8. The third kappa shape index (κ3) is 6.40. The summed E-state index contributed by atoms with van der Waals surface area (Å²) in [5, 5.41) is 15.3. The average molecular weight is 292 g/mol. The van der Waals surface area contributed by atoms with Gasteiger partial charge >= 0.3 is 0 Å². The first-order chi connectivity index (χ1) is 9.68. The van der Waals surface area contributed by atoms with Gasteiger partial charge in [0.15, 0.2) is 0 Å². The highest BCUT2D eigenvalue weighted by molar-refractivity contribution is 5.88. The van der Waals surface area contributed by atoms with Crippen LogP contribution in [-0.4, -0.2) is 29.6 Å². The molecule has 0 bridgehead atoms. The molecular weight excluding hydrogens is 268 g/mol. The molecule has 5 heteroatoms. The number of rotatable bonds is 5. The summed E-state index contributed by atoms with van der Waals surface area (Å²) < 4.78 is 0. The number of hydrogen-bond acceptors (Lipinski definition) is 3. The molecule has 0 fully saturated rings. The molecule has 0 heterocycles. The highest BCUT2D eigenvalue weighted by Crippen LogP contribution is 2.18. The largest absolute Gasteiger partial charge is 0.391 e. The second-order valence-corrected chi connectivity index (χ2v) is 6.24. The van der Waals surface area contributed by atoms with E-state index in [0.29, 0.717) is 5.69 Å². The van der Waals surface area contributed by atoms with Gasteiger partial charge in [-0.15, -0.1) is 0 Å². The summed E-state index contributed by atoms with van der Waals surface area (Å²) in [6.07, 6.45) is -0.333. The minimum Gasteiger partial charge on any atom is -0.391 e. The van der Waals surface area contributed by atoms with Crippen LogP contribution in [0.3, 0.4) is 0 Å². The fourth-order valence-electron chi connectivity index (χ4n) is 1.67. The van der Waals surface area contributed by atoms with Gasteiger partial charge in [-0.2, -0.15) is 0 Å². The van der Waals surface area contributed by atoms with Gasteiger partial charge in [-0.25, -0.2) is 0 Å². The topological polar surface area (TPSA) is 78.4 Å². The molecule has 116 valence electrons. The molecule has 0 aliphatic rings. The maximum absolute atomic E-state index is 11.8. The summed E-state index contributed by atoms with van der Waals surface area (Å²) in [6, 6.07) is 7.11. The van der Waals surface area contributed by atoms with E-state index in [-0.39, 0.29) is 30.2 Å².